The van der Waals surface area contributed by atoms with Crippen LogP contribution in [-0.4, -0.2) is 53.7 Å². The van der Waals surface area contributed by atoms with E-state index in [1.165, 1.54) is 0 Å². The van der Waals surface area contributed by atoms with Gasteiger partial charge < -0.3 is 10.2 Å². The number of nitrogens with zero attached hydrogens (tertiary/aromatic N) is 3. The van der Waals surface area contributed by atoms with E-state index in [-0.39, 0.29) is 5.78 Å². The highest BCUT2D eigenvalue weighted by Crippen LogP contribution is 2.17. The second kappa shape index (κ2) is 8.39. The average Bonchev–Trinajstić information content (AvgIpc) is 2.73. The van der Waals surface area contributed by atoms with Gasteiger partial charge in [-0.2, -0.15) is 5.10 Å². The number of carbonyl (C=O) groups excluding carboxylic acids is 1. The molecule has 1 aromatic rings. The first-order valence-electron chi connectivity index (χ1n) is 7.04. The molecule has 0 saturated heterocycles. The zero-order chi connectivity index (χ0) is 15.1. The van der Waals surface area contributed by atoms with Crippen LogP contribution in [0.2, 0.25) is 5.02 Å². The molecule has 0 bridgehead atoms. The van der Waals surface area contributed by atoms with Crippen molar-refractivity contribution in [1.82, 2.24) is 20.0 Å². The highest BCUT2D eigenvalue weighted by molar-refractivity contribution is 6.33. The topological polar surface area (TPSA) is 50.2 Å². The Morgan fingerprint density at radius 1 is 1.50 bits per heavy atom. The van der Waals surface area contributed by atoms with E-state index in [0.717, 1.165) is 19.5 Å². The minimum absolute atomic E-state index is 0.0665. The van der Waals surface area contributed by atoms with Crippen molar-refractivity contribution >= 4 is 17.4 Å². The van der Waals surface area contributed by atoms with Crippen molar-refractivity contribution in [2.45, 2.75) is 39.3 Å². The van der Waals surface area contributed by atoms with Gasteiger partial charge in [0.1, 0.15) is 5.69 Å². The summed E-state index contributed by atoms with van der Waals surface area (Å²) in [6.45, 7) is 6.52. The maximum atomic E-state index is 12.3. The summed E-state index contributed by atoms with van der Waals surface area (Å²) in [6.07, 6.45) is 2.86. The third kappa shape index (κ3) is 5.61. The van der Waals surface area contributed by atoms with Gasteiger partial charge in [-0.25, -0.2) is 0 Å². The number of rotatable bonds is 9. The first-order chi connectivity index (χ1) is 9.41. The Kier molecular flexibility index (Phi) is 7.19. The van der Waals surface area contributed by atoms with Crippen molar-refractivity contribution in [1.29, 1.82) is 0 Å². The van der Waals surface area contributed by atoms with Crippen LogP contribution in [0.4, 0.5) is 0 Å². The summed E-state index contributed by atoms with van der Waals surface area (Å²) in [6, 6.07) is 0.444. The number of hydrogen-bond donors (Lipinski definition) is 1. The fraction of sp³-hybridized carbons (Fsp3) is 0.714. The van der Waals surface area contributed by atoms with Crippen LogP contribution in [0, 0.1) is 0 Å². The molecule has 0 unspecified atom stereocenters. The molecule has 0 spiro atoms. The largest absolute Gasteiger partial charge is 0.315 e. The van der Waals surface area contributed by atoms with Crippen molar-refractivity contribution in [3.63, 3.8) is 0 Å². The second-order valence-corrected chi connectivity index (χ2v) is 5.91. The van der Waals surface area contributed by atoms with Crippen LogP contribution in [0.3, 0.4) is 0 Å². The van der Waals surface area contributed by atoms with Gasteiger partial charge in [-0.3, -0.25) is 9.48 Å². The molecule has 5 nitrogen and oxygen atoms in total. The van der Waals surface area contributed by atoms with Gasteiger partial charge in [-0.1, -0.05) is 25.4 Å². The SMILES string of the molecule is CC(C)NCCCC(=O)c1c(Cl)cnn1CCN(C)C. The van der Waals surface area contributed by atoms with E-state index in [2.05, 4.69) is 29.2 Å². The molecule has 1 aromatic heterocycles. The molecule has 0 fully saturated rings. The molecule has 0 radical (unpaired) electrons. The average molecular weight is 301 g/mol. The molecule has 0 aromatic carbocycles. The number of halogens is 1. The summed E-state index contributed by atoms with van der Waals surface area (Å²) in [7, 11) is 3.98. The fourth-order valence-electron chi connectivity index (χ4n) is 1.86. The van der Waals surface area contributed by atoms with Crippen LogP contribution >= 0.6 is 11.6 Å². The molecule has 0 amide bonds. The third-order valence-electron chi connectivity index (χ3n) is 2.95. The fourth-order valence-corrected chi connectivity index (χ4v) is 2.11. The van der Waals surface area contributed by atoms with Crippen LogP contribution < -0.4 is 5.32 Å². The maximum absolute atomic E-state index is 12.3. The van der Waals surface area contributed by atoms with Crippen LogP contribution in [0.1, 0.15) is 37.2 Å². The van der Waals surface area contributed by atoms with Crippen LogP contribution in [0.15, 0.2) is 6.20 Å². The Hall–Kier alpha value is -0.910. The lowest BCUT2D eigenvalue weighted by molar-refractivity contribution is 0.0968. The minimum Gasteiger partial charge on any atom is -0.315 e. The van der Waals surface area contributed by atoms with Crippen molar-refractivity contribution in [2.24, 2.45) is 0 Å². The monoisotopic (exact) mass is 300 g/mol. The predicted molar refractivity (Wildman–Crippen MR) is 82.5 cm³/mol. The number of nitrogens with one attached hydrogen (secondary N) is 1. The zero-order valence-corrected chi connectivity index (χ0v) is 13.6. The van der Waals surface area contributed by atoms with Gasteiger partial charge in [0.25, 0.3) is 0 Å². The Morgan fingerprint density at radius 2 is 2.20 bits per heavy atom. The Morgan fingerprint density at radius 3 is 2.80 bits per heavy atom. The molecule has 0 aliphatic rings. The molecule has 1 rings (SSSR count). The zero-order valence-electron chi connectivity index (χ0n) is 12.8. The lowest BCUT2D eigenvalue weighted by Gasteiger charge is -2.12. The van der Waals surface area contributed by atoms with Gasteiger partial charge in [-0.05, 0) is 27.1 Å². The highest BCUT2D eigenvalue weighted by atomic mass is 35.5. The number of hydrogen-bond acceptors (Lipinski definition) is 4. The normalized spacial score (nSPS) is 11.6. The number of likely N-dealkylation sites (N-methyl/N-ethyl adjacent to an activating group) is 1. The molecule has 1 N–H and O–H groups in total. The van der Waals surface area contributed by atoms with Crippen molar-refractivity contribution in [3.05, 3.63) is 16.9 Å². The quantitative estimate of drug-likeness (QED) is 0.560. The molecule has 0 aliphatic heterocycles. The second-order valence-electron chi connectivity index (χ2n) is 5.50. The lowest BCUT2D eigenvalue weighted by atomic mass is 10.1. The molecule has 6 heteroatoms. The maximum Gasteiger partial charge on any atom is 0.182 e. The van der Waals surface area contributed by atoms with E-state index in [4.69, 9.17) is 11.6 Å². The summed E-state index contributed by atoms with van der Waals surface area (Å²) < 4.78 is 1.71. The Bertz CT molecular complexity index is 429. The molecular formula is C14H25ClN4O. The third-order valence-corrected chi connectivity index (χ3v) is 3.23. The molecule has 0 atom stereocenters. The molecule has 0 aliphatic carbocycles. The highest BCUT2D eigenvalue weighted by Gasteiger charge is 2.17. The smallest absolute Gasteiger partial charge is 0.182 e. The summed E-state index contributed by atoms with van der Waals surface area (Å²) >= 11 is 6.08. The number of ketones is 1. The van der Waals surface area contributed by atoms with Gasteiger partial charge in [0.2, 0.25) is 0 Å². The van der Waals surface area contributed by atoms with E-state index >= 15 is 0 Å². The summed E-state index contributed by atoms with van der Waals surface area (Å²) in [5.41, 5.74) is 0.540. The van der Waals surface area contributed by atoms with Crippen molar-refractivity contribution in [3.8, 4) is 0 Å². The van der Waals surface area contributed by atoms with E-state index in [1.807, 2.05) is 14.1 Å². The minimum atomic E-state index is 0.0665. The summed E-state index contributed by atoms with van der Waals surface area (Å²) in [5.74, 6) is 0.0665. The van der Waals surface area contributed by atoms with E-state index < -0.39 is 0 Å². The Labute approximate surface area is 126 Å². The van der Waals surface area contributed by atoms with Gasteiger partial charge in [0, 0.05) is 19.0 Å². The van der Waals surface area contributed by atoms with Gasteiger partial charge in [0.15, 0.2) is 5.78 Å². The lowest BCUT2D eigenvalue weighted by Crippen LogP contribution is -2.24. The first-order valence-corrected chi connectivity index (χ1v) is 7.42. The number of aromatic nitrogens is 2. The summed E-state index contributed by atoms with van der Waals surface area (Å²) in [5, 5.41) is 7.94. The van der Waals surface area contributed by atoms with Gasteiger partial charge >= 0.3 is 0 Å². The Balaban J connectivity index is 2.55. The molecular weight excluding hydrogens is 276 g/mol. The summed E-state index contributed by atoms with van der Waals surface area (Å²) in [4.78, 5) is 14.3. The van der Waals surface area contributed by atoms with Crippen LogP contribution in [0.5, 0.6) is 0 Å². The number of carbonyl (C=O) groups is 1. The molecule has 1 heterocycles. The molecule has 114 valence electrons. The first kappa shape index (κ1) is 17.1. The van der Waals surface area contributed by atoms with Gasteiger partial charge in [-0.15, -0.1) is 0 Å². The standard InChI is InChI=1S/C14H25ClN4O/c1-11(2)16-7-5-6-13(20)14-12(15)10-17-19(14)9-8-18(3)4/h10-11,16H,5-9H2,1-4H3. The van der Waals surface area contributed by atoms with E-state index in [9.17, 15) is 4.79 Å². The van der Waals surface area contributed by atoms with Crippen molar-refractivity contribution < 1.29 is 4.79 Å². The van der Waals surface area contributed by atoms with Gasteiger partial charge in [0.05, 0.1) is 17.8 Å². The van der Waals surface area contributed by atoms with E-state index in [1.54, 1.807) is 10.9 Å². The van der Waals surface area contributed by atoms with E-state index in [0.29, 0.717) is 29.7 Å². The van der Waals surface area contributed by atoms with Crippen LogP contribution in [0.25, 0.3) is 0 Å². The molecule has 20 heavy (non-hydrogen) atoms. The molecule has 0 saturated carbocycles. The van der Waals surface area contributed by atoms with Crippen LogP contribution in [-0.2, 0) is 6.54 Å². The van der Waals surface area contributed by atoms with Crippen molar-refractivity contribution in [2.75, 3.05) is 27.2 Å². The number of Topliss-reactive ketones (excluding diaryl/α,β-unsaturated/α-hetero) is 1. The predicted octanol–water partition coefficient (Wildman–Crippen LogP) is 2.06.